The summed E-state index contributed by atoms with van der Waals surface area (Å²) in [6.07, 6.45) is 0.952. The van der Waals surface area contributed by atoms with Gasteiger partial charge in [-0.1, -0.05) is 43.3 Å². The number of hydrogen-bond donors (Lipinski definition) is 1. The van der Waals surface area contributed by atoms with Crippen LogP contribution in [0.4, 0.5) is 0 Å². The van der Waals surface area contributed by atoms with Crippen LogP contribution in [0.5, 0.6) is 0 Å². The van der Waals surface area contributed by atoms with Gasteiger partial charge in [0.15, 0.2) is 0 Å². The Hall–Kier alpha value is -3.02. The predicted octanol–water partition coefficient (Wildman–Crippen LogP) is 2.62. The summed E-state index contributed by atoms with van der Waals surface area (Å²) in [7, 11) is 0. The van der Waals surface area contributed by atoms with Gasteiger partial charge < -0.3 is 5.32 Å². The van der Waals surface area contributed by atoms with Crippen molar-refractivity contribution < 1.29 is 4.79 Å². The van der Waals surface area contributed by atoms with Gasteiger partial charge in [-0.15, -0.1) is 5.10 Å². The van der Waals surface area contributed by atoms with E-state index in [4.69, 9.17) is 0 Å². The second kappa shape index (κ2) is 7.91. The number of nitrogens with zero attached hydrogens (tertiary/aromatic N) is 3. The molecule has 0 saturated carbocycles. The molecule has 0 atom stereocenters. The summed E-state index contributed by atoms with van der Waals surface area (Å²) in [6, 6.07) is 14.3. The van der Waals surface area contributed by atoms with E-state index < -0.39 is 0 Å². The molecule has 1 N–H and O–H groups in total. The normalized spacial score (nSPS) is 11.0. The van der Waals surface area contributed by atoms with Crippen molar-refractivity contribution in [2.24, 2.45) is 5.92 Å². The molecule has 3 rings (SSSR count). The fraction of sp³-hybridized carbons (Fsp3) is 0.300. The number of carbonyl (C=O) groups excluding carboxylic acids is 1. The molecule has 1 heterocycles. The van der Waals surface area contributed by atoms with Gasteiger partial charge >= 0.3 is 0 Å². The van der Waals surface area contributed by atoms with Gasteiger partial charge in [0.2, 0.25) is 0 Å². The van der Waals surface area contributed by atoms with Crippen LogP contribution in [-0.2, 0) is 6.54 Å². The molecule has 0 aliphatic rings. The smallest absolute Gasteiger partial charge is 0.277 e. The largest absolute Gasteiger partial charge is 0.352 e. The van der Waals surface area contributed by atoms with Crippen LogP contribution in [0, 0.1) is 5.92 Å². The molecule has 1 aromatic heterocycles. The van der Waals surface area contributed by atoms with Crippen LogP contribution in [0.2, 0.25) is 0 Å². The van der Waals surface area contributed by atoms with Crippen molar-refractivity contribution in [1.82, 2.24) is 20.3 Å². The van der Waals surface area contributed by atoms with Crippen LogP contribution >= 0.6 is 0 Å². The Balaban J connectivity index is 1.71. The zero-order valence-electron chi connectivity index (χ0n) is 15.0. The highest BCUT2D eigenvalue weighted by Gasteiger charge is 2.08. The van der Waals surface area contributed by atoms with E-state index in [1.165, 1.54) is 4.68 Å². The van der Waals surface area contributed by atoms with Gasteiger partial charge in [0.1, 0.15) is 5.52 Å². The highest BCUT2D eigenvalue weighted by Crippen LogP contribution is 2.08. The van der Waals surface area contributed by atoms with E-state index in [2.05, 4.69) is 29.5 Å². The fourth-order valence-electron chi connectivity index (χ4n) is 2.64. The number of carbonyl (C=O) groups is 1. The number of rotatable bonds is 6. The number of fused-ring (bicyclic) bond motifs is 1. The summed E-state index contributed by atoms with van der Waals surface area (Å²) in [4.78, 5) is 24.6. The van der Waals surface area contributed by atoms with E-state index in [9.17, 15) is 9.59 Å². The van der Waals surface area contributed by atoms with Gasteiger partial charge in [0.25, 0.3) is 11.5 Å². The number of amides is 1. The highest BCUT2D eigenvalue weighted by molar-refractivity contribution is 5.94. The summed E-state index contributed by atoms with van der Waals surface area (Å²) in [5.74, 6) is 0.471. The maximum absolute atomic E-state index is 12.5. The minimum atomic E-state index is -0.175. The molecule has 6 heteroatoms. The summed E-state index contributed by atoms with van der Waals surface area (Å²) >= 11 is 0. The Morgan fingerprint density at radius 2 is 1.85 bits per heavy atom. The van der Waals surface area contributed by atoms with Gasteiger partial charge in [-0.25, -0.2) is 4.68 Å². The van der Waals surface area contributed by atoms with E-state index in [1.54, 1.807) is 24.3 Å². The van der Waals surface area contributed by atoms with E-state index >= 15 is 0 Å². The third kappa shape index (κ3) is 4.14. The topological polar surface area (TPSA) is 76.9 Å². The zero-order chi connectivity index (χ0) is 18.5. The van der Waals surface area contributed by atoms with Crippen molar-refractivity contribution in [1.29, 1.82) is 0 Å². The molecule has 6 nitrogen and oxygen atoms in total. The maximum atomic E-state index is 12.5. The van der Waals surface area contributed by atoms with Crippen LogP contribution in [0.3, 0.4) is 0 Å². The molecule has 0 spiro atoms. The van der Waals surface area contributed by atoms with Crippen molar-refractivity contribution in [2.45, 2.75) is 26.8 Å². The highest BCUT2D eigenvalue weighted by atomic mass is 16.1. The maximum Gasteiger partial charge on any atom is 0.277 e. The minimum Gasteiger partial charge on any atom is -0.352 e. The van der Waals surface area contributed by atoms with E-state index in [0.29, 0.717) is 35.5 Å². The van der Waals surface area contributed by atoms with Crippen LogP contribution in [0.25, 0.3) is 10.9 Å². The van der Waals surface area contributed by atoms with Crippen molar-refractivity contribution >= 4 is 16.8 Å². The Bertz CT molecular complexity index is 961. The molecule has 134 valence electrons. The van der Waals surface area contributed by atoms with Crippen LogP contribution < -0.4 is 10.9 Å². The fourth-order valence-corrected chi connectivity index (χ4v) is 2.64. The Kier molecular flexibility index (Phi) is 5.41. The quantitative estimate of drug-likeness (QED) is 0.741. The third-order valence-corrected chi connectivity index (χ3v) is 4.19. The number of aromatic nitrogens is 3. The van der Waals surface area contributed by atoms with Crippen molar-refractivity contribution in [2.75, 3.05) is 6.54 Å². The summed E-state index contributed by atoms with van der Waals surface area (Å²) in [5.41, 5.74) is 1.90. The SMILES string of the molecule is CC(C)CCNC(=O)c1ccc(Cn2nnc3ccccc3c2=O)cc1. The molecule has 0 fully saturated rings. The average Bonchev–Trinajstić information content (AvgIpc) is 2.64. The molecular formula is C20H22N4O2. The molecular weight excluding hydrogens is 328 g/mol. The number of benzene rings is 2. The molecule has 26 heavy (non-hydrogen) atoms. The van der Waals surface area contributed by atoms with Crippen molar-refractivity contribution in [3.63, 3.8) is 0 Å². The minimum absolute atomic E-state index is 0.0835. The lowest BCUT2D eigenvalue weighted by atomic mass is 10.1. The van der Waals surface area contributed by atoms with Gasteiger partial charge in [-0.3, -0.25) is 9.59 Å². The number of nitrogens with one attached hydrogen (secondary N) is 1. The molecule has 0 aliphatic heterocycles. The standard InChI is InChI=1S/C20H22N4O2/c1-14(2)11-12-21-19(25)16-9-7-15(8-10-16)13-24-20(26)17-5-3-4-6-18(17)22-23-24/h3-10,14H,11-13H2,1-2H3,(H,21,25). The molecule has 1 amide bonds. The molecule has 0 radical (unpaired) electrons. The molecule has 0 bridgehead atoms. The number of hydrogen-bond acceptors (Lipinski definition) is 4. The molecule has 0 unspecified atom stereocenters. The van der Waals surface area contributed by atoms with Crippen molar-refractivity contribution in [3.05, 3.63) is 70.0 Å². The van der Waals surface area contributed by atoms with Crippen LogP contribution in [-0.4, -0.2) is 27.4 Å². The lowest BCUT2D eigenvalue weighted by molar-refractivity contribution is 0.0952. The predicted molar refractivity (Wildman–Crippen MR) is 101 cm³/mol. The van der Waals surface area contributed by atoms with E-state index in [1.807, 2.05) is 24.3 Å². The lowest BCUT2D eigenvalue weighted by Gasteiger charge is -2.08. The van der Waals surface area contributed by atoms with E-state index in [0.717, 1.165) is 12.0 Å². The van der Waals surface area contributed by atoms with Gasteiger partial charge in [-0.05, 0) is 42.2 Å². The Labute approximate surface area is 151 Å². The summed E-state index contributed by atoms with van der Waals surface area (Å²) in [5, 5.41) is 11.5. The van der Waals surface area contributed by atoms with Gasteiger partial charge in [0, 0.05) is 12.1 Å². The first kappa shape index (κ1) is 17.8. The molecule has 3 aromatic rings. The molecule has 0 saturated heterocycles. The van der Waals surface area contributed by atoms with Crippen LogP contribution in [0.1, 0.15) is 36.2 Å². The third-order valence-electron chi connectivity index (χ3n) is 4.19. The first-order chi connectivity index (χ1) is 12.5. The lowest BCUT2D eigenvalue weighted by Crippen LogP contribution is -2.26. The van der Waals surface area contributed by atoms with E-state index in [-0.39, 0.29) is 11.5 Å². The monoisotopic (exact) mass is 350 g/mol. The molecule has 2 aromatic carbocycles. The van der Waals surface area contributed by atoms with Gasteiger partial charge in [0.05, 0.1) is 11.9 Å². The van der Waals surface area contributed by atoms with Crippen molar-refractivity contribution in [3.8, 4) is 0 Å². The Morgan fingerprint density at radius 1 is 1.12 bits per heavy atom. The summed E-state index contributed by atoms with van der Waals surface area (Å²) in [6.45, 7) is 5.23. The Morgan fingerprint density at radius 3 is 2.58 bits per heavy atom. The average molecular weight is 350 g/mol. The second-order valence-electron chi connectivity index (χ2n) is 6.70. The second-order valence-corrected chi connectivity index (χ2v) is 6.70. The first-order valence-electron chi connectivity index (χ1n) is 8.74. The van der Waals surface area contributed by atoms with Crippen LogP contribution in [0.15, 0.2) is 53.3 Å². The van der Waals surface area contributed by atoms with Gasteiger partial charge in [-0.2, -0.15) is 0 Å². The summed E-state index contributed by atoms with van der Waals surface area (Å²) < 4.78 is 1.33. The molecule has 0 aliphatic carbocycles. The first-order valence-corrected chi connectivity index (χ1v) is 8.74. The zero-order valence-corrected chi connectivity index (χ0v) is 15.0.